The average Bonchev–Trinajstić information content (AvgIpc) is 3.27. The highest BCUT2D eigenvalue weighted by Gasteiger charge is 2.42. The van der Waals surface area contributed by atoms with Gasteiger partial charge in [-0.05, 0) is 24.6 Å². The van der Waals surface area contributed by atoms with Crippen molar-refractivity contribution in [2.24, 2.45) is 0 Å². The number of thioether (sulfide) groups is 1. The number of hydrogen-bond donors (Lipinski definition) is 1. The van der Waals surface area contributed by atoms with Gasteiger partial charge in [0.1, 0.15) is 22.4 Å². The molecule has 0 unspecified atom stereocenters. The summed E-state index contributed by atoms with van der Waals surface area (Å²) in [6.45, 7) is 2.22. The standard InChI is InChI=1S/C24H23N3O5S2/c1-4-11-26-23(30)21(34-24(26)33)20-15-7-5-6-8-17(15)27(22(20)29)13-19(28)25-16-10-9-14(31-2)12-18(16)32-3/h5-10,12H,4,11,13H2,1-3H3,(H,25,28)/b21-20-. The molecule has 0 aliphatic carbocycles. The van der Waals surface area contributed by atoms with E-state index in [9.17, 15) is 14.4 Å². The topological polar surface area (TPSA) is 88.2 Å². The van der Waals surface area contributed by atoms with Crippen LogP contribution in [0.4, 0.5) is 11.4 Å². The van der Waals surface area contributed by atoms with Gasteiger partial charge in [0, 0.05) is 18.2 Å². The van der Waals surface area contributed by atoms with Gasteiger partial charge in [0.25, 0.3) is 11.8 Å². The number of rotatable bonds is 7. The van der Waals surface area contributed by atoms with Crippen LogP contribution in [0.2, 0.25) is 0 Å². The third kappa shape index (κ3) is 4.26. The van der Waals surface area contributed by atoms with Crippen molar-refractivity contribution < 1.29 is 23.9 Å². The molecular formula is C24H23N3O5S2. The van der Waals surface area contributed by atoms with Gasteiger partial charge >= 0.3 is 0 Å². The van der Waals surface area contributed by atoms with Gasteiger partial charge in [-0.3, -0.25) is 24.2 Å². The molecule has 0 spiro atoms. The molecule has 0 atom stereocenters. The molecule has 0 aromatic heterocycles. The van der Waals surface area contributed by atoms with Gasteiger partial charge in [-0.25, -0.2) is 0 Å². The molecule has 1 fully saturated rings. The van der Waals surface area contributed by atoms with Crippen molar-refractivity contribution >= 4 is 63.0 Å². The first-order chi connectivity index (χ1) is 16.4. The minimum Gasteiger partial charge on any atom is -0.497 e. The molecule has 10 heteroatoms. The Hall–Kier alpha value is -3.37. The zero-order valence-electron chi connectivity index (χ0n) is 18.9. The number of nitrogens with one attached hydrogen (secondary N) is 1. The maximum absolute atomic E-state index is 13.5. The Morgan fingerprint density at radius 3 is 2.53 bits per heavy atom. The second-order valence-electron chi connectivity index (χ2n) is 7.55. The van der Waals surface area contributed by atoms with Crippen molar-refractivity contribution in [1.82, 2.24) is 4.90 Å². The molecule has 176 valence electrons. The van der Waals surface area contributed by atoms with Crippen LogP contribution < -0.4 is 19.7 Å². The van der Waals surface area contributed by atoms with E-state index in [1.54, 1.807) is 42.5 Å². The first-order valence-corrected chi connectivity index (χ1v) is 11.8. The summed E-state index contributed by atoms with van der Waals surface area (Å²) >= 11 is 6.50. The Morgan fingerprint density at radius 2 is 1.82 bits per heavy atom. The third-order valence-corrected chi connectivity index (χ3v) is 6.88. The molecule has 2 aromatic rings. The molecule has 1 N–H and O–H groups in total. The summed E-state index contributed by atoms with van der Waals surface area (Å²) in [5.41, 5.74) is 1.91. The predicted molar refractivity (Wildman–Crippen MR) is 136 cm³/mol. The van der Waals surface area contributed by atoms with E-state index in [4.69, 9.17) is 21.7 Å². The molecule has 8 nitrogen and oxygen atoms in total. The maximum atomic E-state index is 13.5. The number of nitrogens with zero attached hydrogens (tertiary/aromatic N) is 2. The molecule has 1 saturated heterocycles. The van der Waals surface area contributed by atoms with E-state index in [0.717, 1.165) is 18.2 Å². The van der Waals surface area contributed by atoms with E-state index in [1.165, 1.54) is 24.0 Å². The molecule has 2 aromatic carbocycles. The number of methoxy groups -OCH3 is 2. The smallest absolute Gasteiger partial charge is 0.267 e. The first kappa shape index (κ1) is 23.8. The highest BCUT2D eigenvalue weighted by atomic mass is 32.2. The summed E-state index contributed by atoms with van der Waals surface area (Å²) in [7, 11) is 3.03. The Bertz CT molecular complexity index is 1230. The maximum Gasteiger partial charge on any atom is 0.267 e. The van der Waals surface area contributed by atoms with Gasteiger partial charge in [-0.1, -0.05) is 49.1 Å². The zero-order chi connectivity index (χ0) is 24.4. The largest absolute Gasteiger partial charge is 0.497 e. The first-order valence-electron chi connectivity index (χ1n) is 10.6. The number of benzene rings is 2. The third-order valence-electron chi connectivity index (χ3n) is 5.43. The van der Waals surface area contributed by atoms with Gasteiger partial charge in [0.15, 0.2) is 0 Å². The van der Waals surface area contributed by atoms with Gasteiger partial charge in [0.2, 0.25) is 5.91 Å². The van der Waals surface area contributed by atoms with E-state index in [-0.39, 0.29) is 18.0 Å². The summed E-state index contributed by atoms with van der Waals surface area (Å²) in [5.74, 6) is -0.0737. The minimum atomic E-state index is -0.411. The van der Waals surface area contributed by atoms with Crippen LogP contribution in [0.3, 0.4) is 0 Å². The van der Waals surface area contributed by atoms with Crippen molar-refractivity contribution in [3.8, 4) is 11.5 Å². The summed E-state index contributed by atoms with van der Waals surface area (Å²) in [5, 5.41) is 2.78. The average molecular weight is 498 g/mol. The number of para-hydroxylation sites is 1. The quantitative estimate of drug-likeness (QED) is 0.461. The van der Waals surface area contributed by atoms with Gasteiger partial charge in [0.05, 0.1) is 36.1 Å². The van der Waals surface area contributed by atoms with Crippen molar-refractivity contribution in [2.75, 3.05) is 37.5 Å². The summed E-state index contributed by atoms with van der Waals surface area (Å²) in [6, 6.07) is 12.1. The van der Waals surface area contributed by atoms with Crippen LogP contribution in [-0.2, 0) is 14.4 Å². The number of hydrogen-bond acceptors (Lipinski definition) is 7. The number of carbonyl (C=O) groups excluding carboxylic acids is 3. The second-order valence-corrected chi connectivity index (χ2v) is 9.20. The van der Waals surface area contributed by atoms with Crippen LogP contribution in [0, 0.1) is 0 Å². The molecule has 2 aliphatic heterocycles. The van der Waals surface area contributed by atoms with Crippen LogP contribution >= 0.6 is 24.0 Å². The van der Waals surface area contributed by atoms with Gasteiger partial charge < -0.3 is 14.8 Å². The fraction of sp³-hybridized carbons (Fsp3) is 0.250. The normalized spacial score (nSPS) is 17.3. The SMILES string of the molecule is CCCN1C(=O)/C(=C2/C(=O)N(CC(=O)Nc3ccc(OC)cc3OC)c3ccccc32)SC1=S. The molecule has 0 saturated carbocycles. The molecular weight excluding hydrogens is 474 g/mol. The lowest BCUT2D eigenvalue weighted by molar-refractivity contribution is -0.122. The number of carbonyl (C=O) groups is 3. The van der Waals surface area contributed by atoms with Crippen LogP contribution in [0.25, 0.3) is 5.57 Å². The Balaban J connectivity index is 1.62. The Kier molecular flexibility index (Phi) is 6.90. The number of amides is 3. The van der Waals surface area contributed by atoms with Crippen molar-refractivity contribution in [1.29, 1.82) is 0 Å². The van der Waals surface area contributed by atoms with Crippen molar-refractivity contribution in [3.63, 3.8) is 0 Å². The van der Waals surface area contributed by atoms with Crippen molar-refractivity contribution in [3.05, 3.63) is 52.9 Å². The Morgan fingerprint density at radius 1 is 1.06 bits per heavy atom. The van der Waals surface area contributed by atoms with E-state index in [0.29, 0.717) is 44.2 Å². The van der Waals surface area contributed by atoms with Crippen LogP contribution in [-0.4, -0.2) is 54.3 Å². The fourth-order valence-corrected chi connectivity index (χ4v) is 5.24. The van der Waals surface area contributed by atoms with E-state index < -0.39 is 11.8 Å². The highest BCUT2D eigenvalue weighted by molar-refractivity contribution is 8.26. The summed E-state index contributed by atoms with van der Waals surface area (Å²) in [4.78, 5) is 42.6. The molecule has 4 rings (SSSR count). The molecule has 0 bridgehead atoms. The zero-order valence-corrected chi connectivity index (χ0v) is 20.5. The fourth-order valence-electron chi connectivity index (χ4n) is 3.86. The van der Waals surface area contributed by atoms with Crippen LogP contribution in [0.15, 0.2) is 47.4 Å². The summed E-state index contributed by atoms with van der Waals surface area (Å²) in [6.07, 6.45) is 0.751. The second kappa shape index (κ2) is 9.86. The van der Waals surface area contributed by atoms with E-state index in [2.05, 4.69) is 5.32 Å². The molecule has 2 heterocycles. The van der Waals surface area contributed by atoms with E-state index >= 15 is 0 Å². The van der Waals surface area contributed by atoms with Crippen molar-refractivity contribution in [2.45, 2.75) is 13.3 Å². The van der Waals surface area contributed by atoms with Crippen LogP contribution in [0.1, 0.15) is 18.9 Å². The monoisotopic (exact) mass is 497 g/mol. The lowest BCUT2D eigenvalue weighted by atomic mass is 10.1. The predicted octanol–water partition coefficient (Wildman–Crippen LogP) is 3.67. The minimum absolute atomic E-state index is 0.232. The molecule has 34 heavy (non-hydrogen) atoms. The number of ether oxygens (including phenoxy) is 2. The summed E-state index contributed by atoms with van der Waals surface area (Å²) < 4.78 is 10.9. The lowest BCUT2D eigenvalue weighted by Crippen LogP contribution is -2.35. The number of fused-ring (bicyclic) bond motifs is 1. The molecule has 3 amide bonds. The molecule has 0 radical (unpaired) electrons. The number of anilines is 2. The van der Waals surface area contributed by atoms with E-state index in [1.807, 2.05) is 6.92 Å². The van der Waals surface area contributed by atoms with Gasteiger partial charge in [-0.2, -0.15) is 0 Å². The van der Waals surface area contributed by atoms with Gasteiger partial charge in [-0.15, -0.1) is 0 Å². The van der Waals surface area contributed by atoms with Crippen LogP contribution in [0.5, 0.6) is 11.5 Å². The lowest BCUT2D eigenvalue weighted by Gasteiger charge is -2.18. The molecule has 2 aliphatic rings. The number of thiocarbonyl (C=S) groups is 1. The highest BCUT2D eigenvalue weighted by Crippen LogP contribution is 2.44. The Labute approximate surface area is 206 Å².